The molecule has 0 aliphatic heterocycles. The zero-order valence-corrected chi connectivity index (χ0v) is 17.4. The maximum absolute atomic E-state index is 12.1. The molecule has 162 valence electrons. The first-order valence-corrected chi connectivity index (χ1v) is 9.88. The molecule has 32 heavy (non-hydrogen) atoms. The van der Waals surface area contributed by atoms with Crippen molar-refractivity contribution in [3.63, 3.8) is 0 Å². The van der Waals surface area contributed by atoms with Crippen molar-refractivity contribution < 1.29 is 24.2 Å². The highest BCUT2D eigenvalue weighted by molar-refractivity contribution is 5.80. The first kappa shape index (κ1) is 22.4. The number of nitrogens with one attached hydrogen (secondary N) is 1. The van der Waals surface area contributed by atoms with Gasteiger partial charge >= 0.3 is 12.1 Å². The van der Waals surface area contributed by atoms with Crippen LogP contribution >= 0.6 is 0 Å². The second-order valence-corrected chi connectivity index (χ2v) is 6.99. The van der Waals surface area contributed by atoms with E-state index in [1.165, 1.54) is 7.11 Å². The Morgan fingerprint density at radius 1 is 1.00 bits per heavy atom. The molecule has 3 aromatic carbocycles. The predicted octanol–water partition coefficient (Wildman–Crippen LogP) is 4.16. The lowest BCUT2D eigenvalue weighted by Gasteiger charge is -2.15. The van der Waals surface area contributed by atoms with Gasteiger partial charge in [-0.05, 0) is 28.8 Å². The summed E-state index contributed by atoms with van der Waals surface area (Å²) in [6.07, 6.45) is -0.724. The zero-order chi connectivity index (χ0) is 22.9. The van der Waals surface area contributed by atoms with E-state index in [1.807, 2.05) is 30.3 Å². The fourth-order valence-corrected chi connectivity index (χ4v) is 3.24. The van der Waals surface area contributed by atoms with Gasteiger partial charge in [-0.25, -0.2) is 9.59 Å². The standard InChI is InChI=1S/C25H22N2O5/c1-31-22-9-5-8-20(15-26)23(22)19-12-10-17(11-13-19)14-21(24(28)29)27-25(30)32-16-18-6-3-2-4-7-18/h2-13,21H,14,16H2,1H3,(H,27,30)(H,28,29)/t21-/m0/s1. The number of carboxylic acid groups (broad SMARTS) is 1. The molecule has 7 heteroatoms. The molecule has 0 aromatic heterocycles. The zero-order valence-electron chi connectivity index (χ0n) is 17.4. The van der Waals surface area contributed by atoms with Crippen molar-refractivity contribution in [1.82, 2.24) is 5.32 Å². The van der Waals surface area contributed by atoms with Gasteiger partial charge in [0.05, 0.1) is 18.7 Å². The fourth-order valence-electron chi connectivity index (χ4n) is 3.24. The molecule has 0 aliphatic rings. The van der Waals surface area contributed by atoms with Gasteiger partial charge in [0, 0.05) is 12.0 Å². The van der Waals surface area contributed by atoms with E-state index in [0.29, 0.717) is 22.4 Å². The Balaban J connectivity index is 1.68. The molecule has 0 saturated carbocycles. The van der Waals surface area contributed by atoms with E-state index in [2.05, 4.69) is 11.4 Å². The molecule has 0 unspecified atom stereocenters. The number of amides is 1. The molecule has 1 atom stereocenters. The Kier molecular flexibility index (Phi) is 7.44. The minimum Gasteiger partial charge on any atom is -0.496 e. The van der Waals surface area contributed by atoms with Crippen LogP contribution in [-0.4, -0.2) is 30.3 Å². The molecule has 0 saturated heterocycles. The number of hydrogen-bond donors (Lipinski definition) is 2. The molecule has 0 bridgehead atoms. The molecular weight excluding hydrogens is 408 g/mol. The average molecular weight is 430 g/mol. The maximum atomic E-state index is 12.1. The molecule has 0 fully saturated rings. The summed E-state index contributed by atoms with van der Waals surface area (Å²) < 4.78 is 10.5. The number of carbonyl (C=O) groups is 2. The number of benzene rings is 3. The molecular formula is C25H22N2O5. The fraction of sp³-hybridized carbons (Fsp3) is 0.160. The first-order valence-electron chi connectivity index (χ1n) is 9.88. The smallest absolute Gasteiger partial charge is 0.408 e. The van der Waals surface area contributed by atoms with Gasteiger partial charge in [0.1, 0.15) is 18.4 Å². The van der Waals surface area contributed by atoms with Crippen LogP contribution in [0.15, 0.2) is 72.8 Å². The number of methoxy groups -OCH3 is 1. The minimum absolute atomic E-state index is 0.0494. The van der Waals surface area contributed by atoms with E-state index in [4.69, 9.17) is 9.47 Å². The van der Waals surface area contributed by atoms with E-state index < -0.39 is 18.1 Å². The predicted molar refractivity (Wildman–Crippen MR) is 118 cm³/mol. The molecule has 3 rings (SSSR count). The molecule has 0 radical (unpaired) electrons. The molecule has 7 nitrogen and oxygen atoms in total. The van der Waals surface area contributed by atoms with Gasteiger partial charge in [0.15, 0.2) is 0 Å². The van der Waals surface area contributed by atoms with Gasteiger partial charge < -0.3 is 19.9 Å². The summed E-state index contributed by atoms with van der Waals surface area (Å²) in [4.78, 5) is 23.7. The van der Waals surface area contributed by atoms with E-state index in [0.717, 1.165) is 11.1 Å². The largest absolute Gasteiger partial charge is 0.496 e. The summed E-state index contributed by atoms with van der Waals surface area (Å²) in [7, 11) is 1.54. The number of nitriles is 1. The summed E-state index contributed by atoms with van der Waals surface area (Å²) in [6.45, 7) is 0.0494. The van der Waals surface area contributed by atoms with Crippen LogP contribution in [0.4, 0.5) is 4.79 Å². The lowest BCUT2D eigenvalue weighted by Crippen LogP contribution is -2.42. The second-order valence-electron chi connectivity index (χ2n) is 6.99. The lowest BCUT2D eigenvalue weighted by molar-refractivity contribution is -0.139. The van der Waals surface area contributed by atoms with Crippen molar-refractivity contribution in [3.05, 3.63) is 89.5 Å². The second kappa shape index (κ2) is 10.6. The summed E-state index contributed by atoms with van der Waals surface area (Å²) in [5.41, 5.74) is 3.42. The topological polar surface area (TPSA) is 109 Å². The van der Waals surface area contributed by atoms with Crippen molar-refractivity contribution in [2.75, 3.05) is 7.11 Å². The van der Waals surface area contributed by atoms with Gasteiger partial charge in [-0.15, -0.1) is 0 Å². The molecule has 0 aliphatic carbocycles. The number of hydrogen-bond acceptors (Lipinski definition) is 5. The molecule has 0 spiro atoms. The van der Waals surface area contributed by atoms with Crippen LogP contribution in [0, 0.1) is 11.3 Å². The Morgan fingerprint density at radius 2 is 1.72 bits per heavy atom. The molecule has 0 heterocycles. The number of nitrogens with zero attached hydrogens (tertiary/aromatic N) is 1. The number of carboxylic acids is 1. The summed E-state index contributed by atoms with van der Waals surface area (Å²) in [6, 6.07) is 22.5. The highest BCUT2D eigenvalue weighted by Crippen LogP contribution is 2.33. The molecule has 1 amide bonds. The minimum atomic E-state index is -1.16. The summed E-state index contributed by atoms with van der Waals surface area (Å²) in [5.74, 6) is -0.592. The lowest BCUT2D eigenvalue weighted by atomic mass is 9.96. The number of alkyl carbamates (subject to hydrolysis) is 1. The van der Waals surface area contributed by atoms with E-state index >= 15 is 0 Å². The quantitative estimate of drug-likeness (QED) is 0.556. The number of rotatable bonds is 8. The number of aliphatic carboxylic acids is 1. The SMILES string of the molecule is COc1cccc(C#N)c1-c1ccc(C[C@H](NC(=O)OCc2ccccc2)C(=O)O)cc1. The molecule has 2 N–H and O–H groups in total. The Bertz CT molecular complexity index is 1120. The van der Waals surface area contributed by atoms with E-state index in [9.17, 15) is 20.0 Å². The Labute approximate surface area is 185 Å². The Morgan fingerprint density at radius 3 is 2.34 bits per heavy atom. The highest BCUT2D eigenvalue weighted by atomic mass is 16.5. The van der Waals surface area contributed by atoms with Crippen LogP contribution in [0.25, 0.3) is 11.1 Å². The summed E-state index contributed by atoms with van der Waals surface area (Å²) >= 11 is 0. The number of carbonyl (C=O) groups excluding carboxylic acids is 1. The monoisotopic (exact) mass is 430 g/mol. The van der Waals surface area contributed by atoms with Crippen molar-refractivity contribution in [1.29, 1.82) is 5.26 Å². The van der Waals surface area contributed by atoms with Crippen LogP contribution in [0.5, 0.6) is 5.75 Å². The normalized spacial score (nSPS) is 11.1. The molecule has 3 aromatic rings. The third-order valence-corrected chi connectivity index (χ3v) is 4.85. The van der Waals surface area contributed by atoms with Gasteiger partial charge in [-0.2, -0.15) is 5.26 Å². The van der Waals surface area contributed by atoms with E-state index in [1.54, 1.807) is 42.5 Å². The van der Waals surface area contributed by atoms with Crippen LogP contribution in [-0.2, 0) is 22.6 Å². The van der Waals surface area contributed by atoms with Crippen molar-refractivity contribution in [3.8, 4) is 22.9 Å². The van der Waals surface area contributed by atoms with Gasteiger partial charge in [0.25, 0.3) is 0 Å². The highest BCUT2D eigenvalue weighted by Gasteiger charge is 2.21. The van der Waals surface area contributed by atoms with Crippen molar-refractivity contribution in [2.45, 2.75) is 19.1 Å². The van der Waals surface area contributed by atoms with Crippen LogP contribution in [0.2, 0.25) is 0 Å². The van der Waals surface area contributed by atoms with Gasteiger partial charge in [-0.3, -0.25) is 0 Å². The average Bonchev–Trinajstić information content (AvgIpc) is 2.82. The van der Waals surface area contributed by atoms with Crippen LogP contribution in [0.3, 0.4) is 0 Å². The van der Waals surface area contributed by atoms with Gasteiger partial charge in [0.2, 0.25) is 0 Å². The summed E-state index contributed by atoms with van der Waals surface area (Å²) in [5, 5.41) is 21.3. The van der Waals surface area contributed by atoms with E-state index in [-0.39, 0.29) is 13.0 Å². The van der Waals surface area contributed by atoms with Gasteiger partial charge in [-0.1, -0.05) is 60.7 Å². The third-order valence-electron chi connectivity index (χ3n) is 4.85. The maximum Gasteiger partial charge on any atom is 0.408 e. The number of ether oxygens (including phenoxy) is 2. The Hall–Kier alpha value is -4.31. The van der Waals surface area contributed by atoms with Crippen molar-refractivity contribution in [2.24, 2.45) is 0 Å². The van der Waals surface area contributed by atoms with Crippen LogP contribution < -0.4 is 10.1 Å². The van der Waals surface area contributed by atoms with Crippen molar-refractivity contribution >= 4 is 12.1 Å². The third kappa shape index (κ3) is 5.64. The first-order chi connectivity index (χ1) is 15.5. The van der Waals surface area contributed by atoms with Crippen LogP contribution in [0.1, 0.15) is 16.7 Å².